The van der Waals surface area contributed by atoms with Crippen molar-refractivity contribution in [2.24, 2.45) is 0 Å². The maximum Gasteiger partial charge on any atom is 0.298 e. The standard InChI is InChI=1S/C20H21ClN4O3/c1-2-27-18-11-13(5-8-22-18)19(26)23-15-6-9-25(10-7-15)20-24-16-12-14(21)3-4-17(16)28-20/h3-5,8,11-12,15H,2,6-7,9-10H2,1H3,(H,23,26). The van der Waals surface area contributed by atoms with E-state index in [0.29, 0.717) is 29.1 Å². The highest BCUT2D eigenvalue weighted by atomic mass is 35.5. The van der Waals surface area contributed by atoms with Crippen molar-refractivity contribution in [1.82, 2.24) is 15.3 Å². The monoisotopic (exact) mass is 400 g/mol. The maximum atomic E-state index is 12.5. The molecule has 0 aliphatic carbocycles. The fourth-order valence-electron chi connectivity index (χ4n) is 3.29. The molecule has 1 fully saturated rings. The molecular formula is C20H21ClN4O3. The van der Waals surface area contributed by atoms with Gasteiger partial charge in [-0.1, -0.05) is 11.6 Å². The van der Waals surface area contributed by atoms with Crippen LogP contribution < -0.4 is 15.0 Å². The van der Waals surface area contributed by atoms with E-state index in [-0.39, 0.29) is 11.9 Å². The van der Waals surface area contributed by atoms with Crippen LogP contribution in [-0.4, -0.2) is 41.6 Å². The molecule has 1 aliphatic heterocycles. The van der Waals surface area contributed by atoms with Crippen LogP contribution in [0.25, 0.3) is 11.1 Å². The third kappa shape index (κ3) is 4.04. The summed E-state index contributed by atoms with van der Waals surface area (Å²) in [6.07, 6.45) is 3.21. The smallest absolute Gasteiger partial charge is 0.298 e. The molecule has 0 unspecified atom stereocenters. The molecule has 2 aromatic heterocycles. The number of carbonyl (C=O) groups is 1. The molecule has 1 aliphatic rings. The second-order valence-corrected chi connectivity index (χ2v) is 7.10. The topological polar surface area (TPSA) is 80.5 Å². The number of halogens is 1. The molecule has 0 atom stereocenters. The molecular weight excluding hydrogens is 380 g/mol. The third-order valence-electron chi connectivity index (χ3n) is 4.73. The Kier molecular flexibility index (Phi) is 5.34. The van der Waals surface area contributed by atoms with Crippen LogP contribution in [0.3, 0.4) is 0 Å². The molecule has 3 aromatic rings. The zero-order valence-electron chi connectivity index (χ0n) is 15.5. The van der Waals surface area contributed by atoms with Gasteiger partial charge < -0.3 is 19.4 Å². The Hall–Kier alpha value is -2.80. The number of piperidine rings is 1. The zero-order chi connectivity index (χ0) is 19.5. The number of amides is 1. The van der Waals surface area contributed by atoms with Crippen molar-refractivity contribution in [2.45, 2.75) is 25.8 Å². The number of anilines is 1. The molecule has 0 radical (unpaired) electrons. The molecule has 0 saturated carbocycles. The van der Waals surface area contributed by atoms with Gasteiger partial charge in [-0.3, -0.25) is 4.79 Å². The molecule has 146 valence electrons. The lowest BCUT2D eigenvalue weighted by Crippen LogP contribution is -2.44. The van der Waals surface area contributed by atoms with E-state index in [9.17, 15) is 4.79 Å². The number of fused-ring (bicyclic) bond motifs is 1. The molecule has 1 aromatic carbocycles. The van der Waals surface area contributed by atoms with Crippen LogP contribution in [-0.2, 0) is 0 Å². The van der Waals surface area contributed by atoms with E-state index in [2.05, 4.69) is 20.2 Å². The highest BCUT2D eigenvalue weighted by Crippen LogP contribution is 2.26. The first kappa shape index (κ1) is 18.6. The van der Waals surface area contributed by atoms with Gasteiger partial charge in [0.15, 0.2) is 5.58 Å². The van der Waals surface area contributed by atoms with Crippen LogP contribution in [0.1, 0.15) is 30.1 Å². The van der Waals surface area contributed by atoms with E-state index in [1.807, 2.05) is 13.0 Å². The van der Waals surface area contributed by atoms with Gasteiger partial charge in [0.05, 0.1) is 6.61 Å². The lowest BCUT2D eigenvalue weighted by atomic mass is 10.0. The first-order chi connectivity index (χ1) is 13.6. The quantitative estimate of drug-likeness (QED) is 0.703. The normalized spacial score (nSPS) is 15.0. The predicted molar refractivity (Wildman–Crippen MR) is 107 cm³/mol. The second kappa shape index (κ2) is 8.06. The number of benzene rings is 1. The van der Waals surface area contributed by atoms with Gasteiger partial charge in [-0.15, -0.1) is 0 Å². The van der Waals surface area contributed by atoms with Crippen LogP contribution in [0.4, 0.5) is 6.01 Å². The van der Waals surface area contributed by atoms with Crippen LogP contribution >= 0.6 is 11.6 Å². The predicted octanol–water partition coefficient (Wildman–Crippen LogP) is 3.67. The minimum Gasteiger partial charge on any atom is -0.478 e. The van der Waals surface area contributed by atoms with Gasteiger partial charge in [0.1, 0.15) is 5.52 Å². The van der Waals surface area contributed by atoms with Crippen molar-refractivity contribution in [1.29, 1.82) is 0 Å². The molecule has 0 spiro atoms. The van der Waals surface area contributed by atoms with Crippen molar-refractivity contribution in [3.05, 3.63) is 47.1 Å². The molecule has 3 heterocycles. The SMILES string of the molecule is CCOc1cc(C(=O)NC2CCN(c3nc4cc(Cl)ccc4o3)CC2)ccn1. The van der Waals surface area contributed by atoms with E-state index < -0.39 is 0 Å². The number of nitrogens with one attached hydrogen (secondary N) is 1. The van der Waals surface area contributed by atoms with Crippen LogP contribution in [0.2, 0.25) is 5.02 Å². The summed E-state index contributed by atoms with van der Waals surface area (Å²) in [6.45, 7) is 3.91. The summed E-state index contributed by atoms with van der Waals surface area (Å²) in [5.41, 5.74) is 2.02. The number of pyridine rings is 1. The number of carbonyl (C=O) groups excluding carboxylic acids is 1. The average molecular weight is 401 g/mol. The fourth-order valence-corrected chi connectivity index (χ4v) is 3.45. The zero-order valence-corrected chi connectivity index (χ0v) is 16.3. The summed E-state index contributed by atoms with van der Waals surface area (Å²) in [5.74, 6) is 0.347. The first-order valence-electron chi connectivity index (χ1n) is 9.33. The number of rotatable bonds is 5. The largest absolute Gasteiger partial charge is 0.478 e. The highest BCUT2D eigenvalue weighted by Gasteiger charge is 2.24. The fraction of sp³-hybridized carbons (Fsp3) is 0.350. The van der Waals surface area contributed by atoms with E-state index >= 15 is 0 Å². The number of nitrogens with zero attached hydrogens (tertiary/aromatic N) is 3. The van der Waals surface area contributed by atoms with Crippen molar-refractivity contribution in [2.75, 3.05) is 24.6 Å². The Labute approximate surface area is 167 Å². The van der Waals surface area contributed by atoms with Gasteiger partial charge in [-0.25, -0.2) is 4.98 Å². The van der Waals surface area contributed by atoms with Crippen molar-refractivity contribution in [3.63, 3.8) is 0 Å². The Morgan fingerprint density at radius 3 is 2.93 bits per heavy atom. The summed E-state index contributed by atoms with van der Waals surface area (Å²) < 4.78 is 11.2. The van der Waals surface area contributed by atoms with Gasteiger partial charge in [-0.05, 0) is 44.0 Å². The second-order valence-electron chi connectivity index (χ2n) is 6.66. The van der Waals surface area contributed by atoms with Crippen molar-refractivity contribution >= 4 is 34.6 Å². The molecule has 8 heteroatoms. The van der Waals surface area contributed by atoms with Gasteiger partial charge in [0.25, 0.3) is 11.9 Å². The molecule has 4 rings (SSSR count). The van der Waals surface area contributed by atoms with E-state index in [1.165, 1.54) is 0 Å². The lowest BCUT2D eigenvalue weighted by molar-refractivity contribution is 0.0930. The molecule has 7 nitrogen and oxygen atoms in total. The Morgan fingerprint density at radius 1 is 1.32 bits per heavy atom. The van der Waals surface area contributed by atoms with E-state index in [1.54, 1.807) is 30.5 Å². The lowest BCUT2D eigenvalue weighted by Gasteiger charge is -2.31. The molecule has 1 saturated heterocycles. The van der Waals surface area contributed by atoms with Gasteiger partial charge >= 0.3 is 0 Å². The summed E-state index contributed by atoms with van der Waals surface area (Å²) in [7, 11) is 0. The summed E-state index contributed by atoms with van der Waals surface area (Å²) in [6, 6.07) is 9.46. The number of hydrogen-bond donors (Lipinski definition) is 1. The van der Waals surface area contributed by atoms with Crippen molar-refractivity contribution < 1.29 is 13.9 Å². The van der Waals surface area contributed by atoms with Gasteiger partial charge in [0, 0.05) is 42.0 Å². The minimum atomic E-state index is -0.113. The summed E-state index contributed by atoms with van der Waals surface area (Å²) >= 11 is 6.01. The number of hydrogen-bond acceptors (Lipinski definition) is 6. The van der Waals surface area contributed by atoms with Gasteiger partial charge in [0.2, 0.25) is 5.88 Å². The number of ether oxygens (including phenoxy) is 1. The maximum absolute atomic E-state index is 12.5. The molecule has 28 heavy (non-hydrogen) atoms. The Bertz CT molecular complexity index is 982. The van der Waals surface area contributed by atoms with Crippen LogP contribution in [0.5, 0.6) is 5.88 Å². The van der Waals surface area contributed by atoms with E-state index in [0.717, 1.165) is 37.0 Å². The average Bonchev–Trinajstić information content (AvgIpc) is 3.12. The molecule has 1 N–H and O–H groups in total. The minimum absolute atomic E-state index is 0.103. The molecule has 1 amide bonds. The first-order valence-corrected chi connectivity index (χ1v) is 9.71. The Balaban J connectivity index is 1.36. The number of aromatic nitrogens is 2. The van der Waals surface area contributed by atoms with Crippen LogP contribution in [0.15, 0.2) is 40.9 Å². The number of oxazole rings is 1. The third-order valence-corrected chi connectivity index (χ3v) is 4.96. The van der Waals surface area contributed by atoms with Crippen molar-refractivity contribution in [3.8, 4) is 5.88 Å². The Morgan fingerprint density at radius 2 is 2.14 bits per heavy atom. The summed E-state index contributed by atoms with van der Waals surface area (Å²) in [5, 5.41) is 3.73. The van der Waals surface area contributed by atoms with Crippen LogP contribution in [0, 0.1) is 0 Å². The van der Waals surface area contributed by atoms with E-state index in [4.69, 9.17) is 20.8 Å². The molecule has 0 bridgehead atoms. The highest BCUT2D eigenvalue weighted by molar-refractivity contribution is 6.31. The summed E-state index contributed by atoms with van der Waals surface area (Å²) in [4.78, 5) is 23.2. The van der Waals surface area contributed by atoms with Gasteiger partial charge in [-0.2, -0.15) is 4.98 Å².